The zero-order valence-corrected chi connectivity index (χ0v) is 12.2. The van der Waals surface area contributed by atoms with E-state index in [0.717, 1.165) is 18.9 Å². The maximum atomic E-state index is 4.78. The van der Waals surface area contributed by atoms with Crippen molar-refractivity contribution in [2.45, 2.75) is 58.9 Å². The molecular weight excluding hydrogens is 228 g/mol. The molecule has 1 heterocycles. The van der Waals surface area contributed by atoms with Crippen LogP contribution in [0.25, 0.3) is 0 Å². The zero-order valence-electron chi connectivity index (χ0n) is 11.4. The summed E-state index contributed by atoms with van der Waals surface area (Å²) in [6, 6.07) is 0.591. The van der Waals surface area contributed by atoms with Crippen LogP contribution in [-0.4, -0.2) is 17.6 Å². The number of hydrogen-bond donors (Lipinski definition) is 1. The Morgan fingerprint density at radius 3 is 2.82 bits per heavy atom. The third-order valence-electron chi connectivity index (χ3n) is 3.54. The Labute approximate surface area is 109 Å². The van der Waals surface area contributed by atoms with Crippen molar-refractivity contribution in [3.8, 4) is 0 Å². The van der Waals surface area contributed by atoms with E-state index in [1.165, 1.54) is 23.5 Å². The van der Waals surface area contributed by atoms with Gasteiger partial charge in [0.15, 0.2) is 0 Å². The summed E-state index contributed by atoms with van der Waals surface area (Å²) in [6.07, 6.45) is 3.62. The van der Waals surface area contributed by atoms with E-state index in [0.29, 0.717) is 11.5 Å². The highest BCUT2D eigenvalue weighted by Gasteiger charge is 2.48. The fraction of sp³-hybridized carbons (Fsp3) is 0.786. The highest BCUT2D eigenvalue weighted by Crippen LogP contribution is 2.59. The molecule has 96 valence electrons. The second-order valence-corrected chi connectivity index (χ2v) is 7.02. The molecule has 0 aromatic carbocycles. The van der Waals surface area contributed by atoms with Crippen LogP contribution in [0.3, 0.4) is 0 Å². The largest absolute Gasteiger partial charge is 0.315 e. The average Bonchev–Trinajstić information content (AvgIpc) is 2.71. The Morgan fingerprint density at radius 1 is 1.53 bits per heavy atom. The SMILES string of the molecule is CC(C)NCCCc1csc(C2CC2(C)C)n1. The van der Waals surface area contributed by atoms with Gasteiger partial charge in [-0.25, -0.2) is 4.98 Å². The number of aryl methyl sites for hydroxylation is 1. The van der Waals surface area contributed by atoms with Gasteiger partial charge < -0.3 is 5.32 Å². The van der Waals surface area contributed by atoms with Crippen molar-refractivity contribution in [3.05, 3.63) is 16.1 Å². The van der Waals surface area contributed by atoms with Gasteiger partial charge in [0.2, 0.25) is 0 Å². The Bertz CT molecular complexity index is 368. The Kier molecular flexibility index (Phi) is 3.88. The molecule has 1 unspecified atom stereocenters. The lowest BCUT2D eigenvalue weighted by molar-refractivity contribution is 0.568. The van der Waals surface area contributed by atoms with Gasteiger partial charge >= 0.3 is 0 Å². The van der Waals surface area contributed by atoms with Gasteiger partial charge in [-0.15, -0.1) is 11.3 Å². The molecule has 0 spiro atoms. The Balaban J connectivity index is 1.75. The predicted molar refractivity (Wildman–Crippen MR) is 74.7 cm³/mol. The van der Waals surface area contributed by atoms with Gasteiger partial charge in [0.25, 0.3) is 0 Å². The number of nitrogens with one attached hydrogen (secondary N) is 1. The van der Waals surface area contributed by atoms with Gasteiger partial charge in [-0.2, -0.15) is 0 Å². The summed E-state index contributed by atoms with van der Waals surface area (Å²) in [5, 5.41) is 7.06. The number of aromatic nitrogens is 1. The monoisotopic (exact) mass is 252 g/mol. The van der Waals surface area contributed by atoms with E-state index in [1.807, 2.05) is 11.3 Å². The first-order valence-corrected chi connectivity index (χ1v) is 7.55. The lowest BCUT2D eigenvalue weighted by atomic mass is 10.1. The average molecular weight is 252 g/mol. The van der Waals surface area contributed by atoms with Crippen molar-refractivity contribution in [1.29, 1.82) is 0 Å². The molecule has 1 N–H and O–H groups in total. The summed E-state index contributed by atoms with van der Waals surface area (Å²) in [7, 11) is 0. The van der Waals surface area contributed by atoms with Crippen molar-refractivity contribution in [2.24, 2.45) is 5.41 Å². The minimum atomic E-state index is 0.508. The first-order chi connectivity index (χ1) is 7.99. The highest BCUT2D eigenvalue weighted by molar-refractivity contribution is 7.09. The van der Waals surface area contributed by atoms with Crippen LogP contribution in [0.15, 0.2) is 5.38 Å². The van der Waals surface area contributed by atoms with Gasteiger partial charge in [0.1, 0.15) is 0 Å². The second-order valence-electron chi connectivity index (χ2n) is 6.13. The molecule has 3 heteroatoms. The van der Waals surface area contributed by atoms with Crippen LogP contribution in [0, 0.1) is 5.41 Å². The summed E-state index contributed by atoms with van der Waals surface area (Å²) in [4.78, 5) is 4.78. The van der Waals surface area contributed by atoms with Gasteiger partial charge in [0, 0.05) is 17.3 Å². The maximum Gasteiger partial charge on any atom is 0.0964 e. The van der Waals surface area contributed by atoms with E-state index in [9.17, 15) is 0 Å². The molecule has 0 aliphatic heterocycles. The number of nitrogens with zero attached hydrogens (tertiary/aromatic N) is 1. The summed E-state index contributed by atoms with van der Waals surface area (Å²) in [5.74, 6) is 0.732. The van der Waals surface area contributed by atoms with Crippen LogP contribution in [0.2, 0.25) is 0 Å². The molecule has 1 aliphatic rings. The summed E-state index contributed by atoms with van der Waals surface area (Å²) < 4.78 is 0. The van der Waals surface area contributed by atoms with Crippen LogP contribution in [0.4, 0.5) is 0 Å². The zero-order chi connectivity index (χ0) is 12.5. The van der Waals surface area contributed by atoms with E-state index in [1.54, 1.807) is 0 Å². The molecule has 1 aliphatic carbocycles. The van der Waals surface area contributed by atoms with Crippen LogP contribution in [-0.2, 0) is 6.42 Å². The van der Waals surface area contributed by atoms with Crippen molar-refractivity contribution < 1.29 is 0 Å². The van der Waals surface area contributed by atoms with Gasteiger partial charge in [-0.3, -0.25) is 0 Å². The molecule has 0 radical (unpaired) electrons. The van der Waals surface area contributed by atoms with E-state index < -0.39 is 0 Å². The third-order valence-corrected chi connectivity index (χ3v) is 4.55. The first-order valence-electron chi connectivity index (χ1n) is 6.67. The number of thiazole rings is 1. The lowest BCUT2D eigenvalue weighted by Gasteiger charge is -2.06. The highest BCUT2D eigenvalue weighted by atomic mass is 32.1. The van der Waals surface area contributed by atoms with E-state index >= 15 is 0 Å². The van der Waals surface area contributed by atoms with Crippen molar-refractivity contribution in [2.75, 3.05) is 6.54 Å². The van der Waals surface area contributed by atoms with E-state index in [-0.39, 0.29) is 0 Å². The van der Waals surface area contributed by atoms with E-state index in [2.05, 4.69) is 38.4 Å². The summed E-state index contributed by atoms with van der Waals surface area (Å²) in [6.45, 7) is 10.2. The minimum absolute atomic E-state index is 0.508. The second kappa shape index (κ2) is 5.07. The molecular formula is C14H24N2S. The normalized spacial score (nSPS) is 22.1. The molecule has 2 nitrogen and oxygen atoms in total. The summed E-state index contributed by atoms with van der Waals surface area (Å²) >= 11 is 1.86. The third kappa shape index (κ3) is 3.52. The van der Waals surface area contributed by atoms with Crippen LogP contribution in [0.1, 0.15) is 57.2 Å². The quantitative estimate of drug-likeness (QED) is 0.783. The first kappa shape index (κ1) is 13.0. The van der Waals surface area contributed by atoms with Crippen molar-refractivity contribution in [1.82, 2.24) is 10.3 Å². The molecule has 0 saturated heterocycles. The van der Waals surface area contributed by atoms with Crippen LogP contribution in [0.5, 0.6) is 0 Å². The predicted octanol–water partition coefficient (Wildman–Crippen LogP) is 3.59. The van der Waals surface area contributed by atoms with Crippen molar-refractivity contribution in [3.63, 3.8) is 0 Å². The van der Waals surface area contributed by atoms with Gasteiger partial charge in [-0.1, -0.05) is 27.7 Å². The number of rotatable bonds is 6. The molecule has 17 heavy (non-hydrogen) atoms. The summed E-state index contributed by atoms with van der Waals surface area (Å²) in [5.41, 5.74) is 1.80. The molecule has 1 atom stereocenters. The van der Waals surface area contributed by atoms with Gasteiger partial charge in [-0.05, 0) is 31.2 Å². The fourth-order valence-corrected chi connectivity index (χ4v) is 3.31. The molecule has 1 aromatic rings. The van der Waals surface area contributed by atoms with Crippen LogP contribution >= 0.6 is 11.3 Å². The minimum Gasteiger partial charge on any atom is -0.315 e. The standard InChI is InChI=1S/C14H24N2S/c1-10(2)15-7-5-6-11-9-17-13(16-11)12-8-14(12,3)4/h9-10,12,15H,5-8H2,1-4H3. The Hall–Kier alpha value is -0.410. The molecule has 0 bridgehead atoms. The maximum absolute atomic E-state index is 4.78. The molecule has 1 fully saturated rings. The smallest absolute Gasteiger partial charge is 0.0964 e. The molecule has 1 aromatic heterocycles. The molecule has 1 saturated carbocycles. The Morgan fingerprint density at radius 2 is 2.24 bits per heavy atom. The van der Waals surface area contributed by atoms with Crippen molar-refractivity contribution >= 4 is 11.3 Å². The topological polar surface area (TPSA) is 24.9 Å². The fourth-order valence-electron chi connectivity index (χ4n) is 2.15. The van der Waals surface area contributed by atoms with E-state index in [4.69, 9.17) is 4.98 Å². The number of hydrogen-bond acceptors (Lipinski definition) is 3. The molecule has 0 amide bonds. The van der Waals surface area contributed by atoms with Crippen LogP contribution < -0.4 is 5.32 Å². The molecule has 2 rings (SSSR count). The van der Waals surface area contributed by atoms with Gasteiger partial charge in [0.05, 0.1) is 10.7 Å². The lowest BCUT2D eigenvalue weighted by Crippen LogP contribution is -2.23.